The van der Waals surface area contributed by atoms with Gasteiger partial charge in [0.1, 0.15) is 12.4 Å². The van der Waals surface area contributed by atoms with Crippen LogP contribution < -0.4 is 9.64 Å². The molecule has 0 saturated carbocycles. The lowest BCUT2D eigenvalue weighted by Crippen LogP contribution is -2.47. The van der Waals surface area contributed by atoms with Crippen molar-refractivity contribution in [2.24, 2.45) is 0 Å². The van der Waals surface area contributed by atoms with Gasteiger partial charge in [0.2, 0.25) is 0 Å². The summed E-state index contributed by atoms with van der Waals surface area (Å²) in [6.07, 6.45) is 0. The maximum Gasteiger partial charge on any atom is 0.119 e. The molecule has 0 unspecified atom stereocenters. The normalized spacial score (nSPS) is 15.8. The molecule has 0 aliphatic carbocycles. The number of piperazine rings is 1. The average Bonchev–Trinajstić information content (AvgIpc) is 2.57. The van der Waals surface area contributed by atoms with Gasteiger partial charge in [-0.15, -0.1) is 0 Å². The maximum atomic E-state index is 6.27. The Bertz CT molecular complexity index is 583. The third kappa shape index (κ3) is 3.93. The monoisotopic (exact) mass is 316 g/mol. The summed E-state index contributed by atoms with van der Waals surface area (Å²) >= 11 is 6.27. The van der Waals surface area contributed by atoms with Crippen LogP contribution in [-0.2, 0) is 0 Å². The number of para-hydroxylation sites is 2. The van der Waals surface area contributed by atoms with Gasteiger partial charge in [-0.3, -0.25) is 4.90 Å². The van der Waals surface area contributed by atoms with E-state index in [0.717, 1.165) is 55.8 Å². The molecular weight excluding hydrogens is 296 g/mol. The lowest BCUT2D eigenvalue weighted by Gasteiger charge is -2.36. The highest BCUT2D eigenvalue weighted by atomic mass is 35.5. The van der Waals surface area contributed by atoms with Crippen LogP contribution in [-0.4, -0.2) is 44.2 Å². The molecule has 4 heteroatoms. The first-order valence-corrected chi connectivity index (χ1v) is 8.10. The van der Waals surface area contributed by atoms with Crippen LogP contribution in [0, 0.1) is 0 Å². The van der Waals surface area contributed by atoms with Crippen molar-refractivity contribution in [1.29, 1.82) is 0 Å². The van der Waals surface area contributed by atoms with Gasteiger partial charge >= 0.3 is 0 Å². The fourth-order valence-corrected chi connectivity index (χ4v) is 2.99. The van der Waals surface area contributed by atoms with E-state index in [1.165, 1.54) is 0 Å². The van der Waals surface area contributed by atoms with Crippen LogP contribution >= 0.6 is 11.6 Å². The third-order valence-corrected chi connectivity index (χ3v) is 4.30. The Morgan fingerprint density at radius 1 is 0.864 bits per heavy atom. The van der Waals surface area contributed by atoms with Gasteiger partial charge in [-0.2, -0.15) is 0 Å². The molecule has 0 atom stereocenters. The number of hydrogen-bond donors (Lipinski definition) is 0. The minimum absolute atomic E-state index is 0.732. The summed E-state index contributed by atoms with van der Waals surface area (Å²) < 4.78 is 5.76. The zero-order valence-electron chi connectivity index (χ0n) is 12.6. The minimum atomic E-state index is 0.732. The number of hydrogen-bond acceptors (Lipinski definition) is 3. The molecule has 1 aliphatic heterocycles. The van der Waals surface area contributed by atoms with Crippen LogP contribution in [0.2, 0.25) is 5.02 Å². The number of benzene rings is 2. The molecule has 1 saturated heterocycles. The van der Waals surface area contributed by atoms with Gasteiger partial charge in [0.15, 0.2) is 0 Å². The number of anilines is 1. The summed E-state index contributed by atoms with van der Waals surface area (Å²) in [6, 6.07) is 18.1. The molecule has 3 nitrogen and oxygen atoms in total. The van der Waals surface area contributed by atoms with Crippen molar-refractivity contribution >= 4 is 17.3 Å². The van der Waals surface area contributed by atoms with Crippen LogP contribution in [0.3, 0.4) is 0 Å². The lowest BCUT2D eigenvalue weighted by molar-refractivity contribution is 0.200. The maximum absolute atomic E-state index is 6.27. The van der Waals surface area contributed by atoms with Crippen LogP contribution in [0.1, 0.15) is 0 Å². The lowest BCUT2D eigenvalue weighted by atomic mass is 10.2. The highest BCUT2D eigenvalue weighted by Crippen LogP contribution is 2.25. The van der Waals surface area contributed by atoms with E-state index in [1.807, 2.05) is 48.5 Å². The van der Waals surface area contributed by atoms with E-state index < -0.39 is 0 Å². The van der Waals surface area contributed by atoms with E-state index in [-0.39, 0.29) is 0 Å². The number of rotatable bonds is 5. The quantitative estimate of drug-likeness (QED) is 0.839. The second-order valence-corrected chi connectivity index (χ2v) is 5.85. The minimum Gasteiger partial charge on any atom is -0.492 e. The van der Waals surface area contributed by atoms with E-state index >= 15 is 0 Å². The standard InChI is InChI=1S/C18H21ClN2O/c19-17-8-4-5-9-18(17)21-12-10-20(11-13-21)14-15-22-16-6-2-1-3-7-16/h1-9H,10-15H2. The first-order valence-electron chi connectivity index (χ1n) is 7.72. The van der Waals surface area contributed by atoms with Crippen LogP contribution in [0.5, 0.6) is 5.75 Å². The van der Waals surface area contributed by atoms with Crippen LogP contribution in [0.15, 0.2) is 54.6 Å². The zero-order valence-corrected chi connectivity index (χ0v) is 13.4. The van der Waals surface area contributed by atoms with Crippen molar-refractivity contribution in [1.82, 2.24) is 4.90 Å². The molecule has 0 spiro atoms. The summed E-state index contributed by atoms with van der Waals surface area (Å²) in [5.74, 6) is 0.942. The molecule has 3 rings (SSSR count). The van der Waals surface area contributed by atoms with Crippen molar-refractivity contribution in [3.8, 4) is 5.75 Å². The van der Waals surface area contributed by atoms with Crippen molar-refractivity contribution in [3.63, 3.8) is 0 Å². The Hall–Kier alpha value is -1.71. The molecule has 2 aromatic carbocycles. The van der Waals surface area contributed by atoms with Gasteiger partial charge in [-0.1, -0.05) is 41.9 Å². The SMILES string of the molecule is Clc1ccccc1N1CCN(CCOc2ccccc2)CC1. The molecule has 0 aromatic heterocycles. The first-order chi connectivity index (χ1) is 10.8. The molecule has 0 amide bonds. The van der Waals surface area contributed by atoms with Gasteiger partial charge in [0.05, 0.1) is 10.7 Å². The molecule has 1 aliphatic rings. The Kier molecular flexibility index (Phi) is 5.20. The van der Waals surface area contributed by atoms with Crippen molar-refractivity contribution < 1.29 is 4.74 Å². The molecule has 2 aromatic rings. The Morgan fingerprint density at radius 2 is 1.55 bits per heavy atom. The summed E-state index contributed by atoms with van der Waals surface area (Å²) in [5.41, 5.74) is 1.14. The van der Waals surface area contributed by atoms with Gasteiger partial charge in [-0.25, -0.2) is 0 Å². The second kappa shape index (κ2) is 7.52. The molecule has 0 bridgehead atoms. The molecule has 1 fully saturated rings. The highest BCUT2D eigenvalue weighted by Gasteiger charge is 2.18. The van der Waals surface area contributed by atoms with Gasteiger partial charge in [0, 0.05) is 32.7 Å². The van der Waals surface area contributed by atoms with Gasteiger partial charge in [-0.05, 0) is 24.3 Å². The Labute approximate surface area is 137 Å². The average molecular weight is 317 g/mol. The number of ether oxygens (including phenoxy) is 1. The summed E-state index contributed by atoms with van der Waals surface area (Å²) in [5, 5.41) is 0.836. The zero-order chi connectivity index (χ0) is 15.2. The molecule has 0 N–H and O–H groups in total. The first kappa shape index (κ1) is 15.2. The van der Waals surface area contributed by atoms with Crippen molar-refractivity contribution in [2.75, 3.05) is 44.2 Å². The van der Waals surface area contributed by atoms with Crippen molar-refractivity contribution in [3.05, 3.63) is 59.6 Å². The van der Waals surface area contributed by atoms with E-state index in [2.05, 4.69) is 15.9 Å². The Balaban J connectivity index is 1.43. The van der Waals surface area contributed by atoms with Gasteiger partial charge < -0.3 is 9.64 Å². The van der Waals surface area contributed by atoms with Crippen LogP contribution in [0.4, 0.5) is 5.69 Å². The summed E-state index contributed by atoms with van der Waals surface area (Å²) in [7, 11) is 0. The predicted octanol–water partition coefficient (Wildman–Crippen LogP) is 3.54. The van der Waals surface area contributed by atoms with Crippen molar-refractivity contribution in [2.45, 2.75) is 0 Å². The van der Waals surface area contributed by atoms with E-state index in [9.17, 15) is 0 Å². The molecule has 116 valence electrons. The third-order valence-electron chi connectivity index (χ3n) is 3.98. The molecular formula is C18H21ClN2O. The molecule has 22 heavy (non-hydrogen) atoms. The molecule has 0 radical (unpaired) electrons. The fraction of sp³-hybridized carbons (Fsp3) is 0.333. The topological polar surface area (TPSA) is 15.7 Å². The predicted molar refractivity (Wildman–Crippen MR) is 92.0 cm³/mol. The summed E-state index contributed by atoms with van der Waals surface area (Å²) in [4.78, 5) is 4.80. The second-order valence-electron chi connectivity index (χ2n) is 5.44. The Morgan fingerprint density at radius 3 is 2.27 bits per heavy atom. The highest BCUT2D eigenvalue weighted by molar-refractivity contribution is 6.33. The number of halogens is 1. The largest absolute Gasteiger partial charge is 0.492 e. The van der Waals surface area contributed by atoms with E-state index in [0.29, 0.717) is 0 Å². The van der Waals surface area contributed by atoms with E-state index in [1.54, 1.807) is 0 Å². The number of nitrogens with zero attached hydrogens (tertiary/aromatic N) is 2. The van der Waals surface area contributed by atoms with Crippen LogP contribution in [0.25, 0.3) is 0 Å². The smallest absolute Gasteiger partial charge is 0.119 e. The fourth-order valence-electron chi connectivity index (χ4n) is 2.73. The van der Waals surface area contributed by atoms with E-state index in [4.69, 9.17) is 16.3 Å². The van der Waals surface area contributed by atoms with Gasteiger partial charge in [0.25, 0.3) is 0 Å². The summed E-state index contributed by atoms with van der Waals surface area (Å²) in [6.45, 7) is 5.80. The molecule has 1 heterocycles.